The molecular weight excluding hydrogens is 575 g/mol. The molecule has 5 rings (SSSR count). The van der Waals surface area contributed by atoms with Crippen LogP contribution in [-0.4, -0.2) is 23.1 Å². The van der Waals surface area contributed by atoms with Crippen molar-refractivity contribution in [2.45, 2.75) is 6.54 Å². The van der Waals surface area contributed by atoms with Crippen LogP contribution in [0.5, 0.6) is 0 Å². The van der Waals surface area contributed by atoms with Gasteiger partial charge in [0, 0.05) is 33.4 Å². The van der Waals surface area contributed by atoms with E-state index in [1.54, 1.807) is 36.4 Å². The molecule has 3 aromatic carbocycles. The molecule has 4 aromatic rings. The van der Waals surface area contributed by atoms with Crippen LogP contribution in [0.4, 0.5) is 5.69 Å². The Hall–Kier alpha value is -2.98. The van der Waals surface area contributed by atoms with E-state index in [0.29, 0.717) is 33.8 Å². The van der Waals surface area contributed by atoms with Gasteiger partial charge in [0.05, 0.1) is 22.6 Å². The number of aliphatic hydroxyl groups excluding tert-OH is 1. The van der Waals surface area contributed by atoms with Gasteiger partial charge in [-0.2, -0.15) is 8.42 Å². The quantitative estimate of drug-likeness (QED) is 0.283. The summed E-state index contributed by atoms with van der Waals surface area (Å²) in [4.78, 5) is 4.85. The Bertz CT molecular complexity index is 1550. The fourth-order valence-electron chi connectivity index (χ4n) is 3.74. The van der Waals surface area contributed by atoms with E-state index in [1.807, 2.05) is 45.8 Å². The average Bonchev–Trinajstić information content (AvgIpc) is 3.34. The summed E-state index contributed by atoms with van der Waals surface area (Å²) in [6.07, 6.45) is 3.04. The highest BCUT2D eigenvalue weighted by Crippen LogP contribution is 2.33. The van der Waals surface area contributed by atoms with Crippen LogP contribution in [0.15, 0.2) is 89.5 Å². The van der Waals surface area contributed by atoms with Crippen molar-refractivity contribution in [3.8, 4) is 22.6 Å². The van der Waals surface area contributed by atoms with E-state index in [1.165, 1.54) is 0 Å². The van der Waals surface area contributed by atoms with E-state index in [9.17, 15) is 13.5 Å². The number of halogens is 3. The fraction of sp³-hybridized carbons (Fsp3) is 0.0417. The number of aromatic nitrogens is 2. The molecule has 0 unspecified atom stereocenters. The molecule has 2 N–H and O–H groups in total. The number of nitrogens with one attached hydrogen (secondary N) is 1. The molecule has 0 saturated carbocycles. The lowest BCUT2D eigenvalue weighted by atomic mass is 10.1. The van der Waals surface area contributed by atoms with E-state index in [0.717, 1.165) is 31.7 Å². The molecule has 0 bridgehead atoms. The maximum Gasteiger partial charge on any atom is 0.330 e. The highest BCUT2D eigenvalue weighted by atomic mass is 79.9. The van der Waals surface area contributed by atoms with Gasteiger partial charge in [-0.25, -0.2) is 14.0 Å². The molecule has 0 atom stereocenters. The molecule has 2 heterocycles. The van der Waals surface area contributed by atoms with Crippen LogP contribution in [0.2, 0.25) is 10.0 Å². The summed E-state index contributed by atoms with van der Waals surface area (Å²) in [7, 11) is -3.87. The first kappa shape index (κ1) is 23.7. The third-order valence-corrected chi connectivity index (χ3v) is 7.74. The van der Waals surface area contributed by atoms with Crippen molar-refractivity contribution in [1.82, 2.24) is 14.3 Å². The lowest BCUT2D eigenvalue weighted by molar-refractivity contribution is 0.392. The maximum absolute atomic E-state index is 12.2. The molecule has 1 aliphatic rings. The highest BCUT2D eigenvalue weighted by Gasteiger charge is 2.28. The largest absolute Gasteiger partial charge is 0.493 e. The molecule has 1 aromatic heterocycles. The van der Waals surface area contributed by atoms with Crippen molar-refractivity contribution in [1.29, 1.82) is 0 Å². The van der Waals surface area contributed by atoms with Crippen LogP contribution in [0.25, 0.3) is 22.6 Å². The van der Waals surface area contributed by atoms with E-state index in [-0.39, 0.29) is 0 Å². The molecule has 11 heteroatoms. The zero-order valence-electron chi connectivity index (χ0n) is 17.9. The molecule has 0 fully saturated rings. The summed E-state index contributed by atoms with van der Waals surface area (Å²) in [5.41, 5.74) is 3.66. The van der Waals surface area contributed by atoms with Gasteiger partial charge in [-0.05, 0) is 60.2 Å². The zero-order valence-corrected chi connectivity index (χ0v) is 21.8. The molecule has 35 heavy (non-hydrogen) atoms. The number of anilines is 1. The van der Waals surface area contributed by atoms with Crippen LogP contribution in [-0.2, 0) is 16.8 Å². The van der Waals surface area contributed by atoms with Crippen molar-refractivity contribution in [2.24, 2.45) is 0 Å². The summed E-state index contributed by atoms with van der Waals surface area (Å²) in [6, 6.07) is 20.1. The summed E-state index contributed by atoms with van der Waals surface area (Å²) in [6.45, 7) is 0.559. The molecule has 0 saturated heterocycles. The number of rotatable bonds is 5. The number of hydrogen-bond donors (Lipinski definition) is 2. The monoisotopic (exact) mass is 590 g/mol. The molecule has 0 amide bonds. The number of hydrogen-bond acceptors (Lipinski definition) is 4. The van der Waals surface area contributed by atoms with Crippen molar-refractivity contribution in [3.05, 3.63) is 105 Å². The van der Waals surface area contributed by atoms with E-state index < -0.39 is 16.1 Å². The maximum atomic E-state index is 12.2. The second-order valence-corrected chi connectivity index (χ2v) is 11.1. The minimum absolute atomic E-state index is 0.372. The van der Waals surface area contributed by atoms with Crippen LogP contribution in [0, 0.1) is 0 Å². The Kier molecular flexibility index (Phi) is 6.27. The van der Waals surface area contributed by atoms with Gasteiger partial charge in [-0.1, -0.05) is 51.3 Å². The van der Waals surface area contributed by atoms with Crippen LogP contribution >= 0.6 is 39.1 Å². The number of imidazole rings is 1. The first-order chi connectivity index (χ1) is 16.7. The van der Waals surface area contributed by atoms with Gasteiger partial charge in [0.25, 0.3) is 0 Å². The van der Waals surface area contributed by atoms with Gasteiger partial charge in [0.2, 0.25) is 5.88 Å². The van der Waals surface area contributed by atoms with E-state index in [2.05, 4.69) is 15.9 Å². The number of aliphatic hydroxyl groups is 1. The number of nitrogens with zero attached hydrogens (tertiary/aromatic N) is 3. The summed E-state index contributed by atoms with van der Waals surface area (Å²) in [5.74, 6) is 0.241. The van der Waals surface area contributed by atoms with Crippen LogP contribution < -0.4 is 9.03 Å². The molecule has 0 radical (unpaired) electrons. The van der Waals surface area contributed by atoms with Gasteiger partial charge < -0.3 is 9.67 Å². The number of benzene rings is 3. The summed E-state index contributed by atoms with van der Waals surface area (Å²) < 4.78 is 30.4. The topological polar surface area (TPSA) is 87.5 Å². The second kappa shape index (κ2) is 9.23. The third kappa shape index (κ3) is 4.90. The minimum atomic E-state index is -3.87. The standard InChI is InChI=1S/C24H17BrCl2N4O3S/c25-17-5-1-15(2-6-17)12-30-13-22(20-10-7-18(26)11-21(20)27)28-24(30)16-3-8-19(9-4-16)31-14-23(32)29-35(31,33)34/h1-11,13-14,29,32H,12H2. The molecule has 1 aliphatic heterocycles. The molecule has 178 valence electrons. The first-order valence-electron chi connectivity index (χ1n) is 10.3. The molecule has 0 aliphatic carbocycles. The van der Waals surface area contributed by atoms with Crippen molar-refractivity contribution in [2.75, 3.05) is 4.31 Å². The Balaban J connectivity index is 1.56. The highest BCUT2D eigenvalue weighted by molar-refractivity contribution is 9.10. The van der Waals surface area contributed by atoms with Gasteiger partial charge in [0.1, 0.15) is 5.82 Å². The first-order valence-corrected chi connectivity index (χ1v) is 13.3. The summed E-state index contributed by atoms with van der Waals surface area (Å²) >= 11 is 16.0. The molecular formula is C24H17BrCl2N4O3S. The Morgan fingerprint density at radius 3 is 2.34 bits per heavy atom. The van der Waals surface area contributed by atoms with Crippen molar-refractivity contribution < 1.29 is 13.5 Å². The fourth-order valence-corrected chi connectivity index (χ4v) is 5.56. The third-order valence-electron chi connectivity index (χ3n) is 5.36. The van der Waals surface area contributed by atoms with Gasteiger partial charge in [0.15, 0.2) is 0 Å². The lowest BCUT2D eigenvalue weighted by Crippen LogP contribution is -2.29. The van der Waals surface area contributed by atoms with E-state index >= 15 is 0 Å². The summed E-state index contributed by atoms with van der Waals surface area (Å²) in [5, 5.41) is 10.6. The van der Waals surface area contributed by atoms with Crippen LogP contribution in [0.1, 0.15) is 5.56 Å². The zero-order chi connectivity index (χ0) is 24.7. The van der Waals surface area contributed by atoms with Crippen LogP contribution in [0.3, 0.4) is 0 Å². The van der Waals surface area contributed by atoms with Gasteiger partial charge in [-0.3, -0.25) is 0 Å². The predicted octanol–water partition coefficient (Wildman–Crippen LogP) is 6.35. The Morgan fingerprint density at radius 2 is 1.71 bits per heavy atom. The van der Waals surface area contributed by atoms with Crippen molar-refractivity contribution >= 4 is 55.0 Å². The van der Waals surface area contributed by atoms with Crippen molar-refractivity contribution in [3.63, 3.8) is 0 Å². The van der Waals surface area contributed by atoms with Gasteiger partial charge in [-0.15, -0.1) is 0 Å². The second-order valence-electron chi connectivity index (χ2n) is 7.79. The predicted molar refractivity (Wildman–Crippen MR) is 142 cm³/mol. The minimum Gasteiger partial charge on any atom is -0.493 e. The SMILES string of the molecule is O=S1(=O)NC(O)=CN1c1ccc(-c2nc(-c3ccc(Cl)cc3Cl)cn2Cc2ccc(Br)cc2)cc1. The smallest absolute Gasteiger partial charge is 0.330 e. The van der Waals surface area contributed by atoms with Gasteiger partial charge >= 0.3 is 10.2 Å². The van der Waals surface area contributed by atoms with E-state index in [4.69, 9.17) is 28.2 Å². The lowest BCUT2D eigenvalue weighted by Gasteiger charge is -2.14. The normalized spacial score (nSPS) is 14.6. The Morgan fingerprint density at radius 1 is 1.00 bits per heavy atom. The average molecular weight is 592 g/mol. The molecule has 0 spiro atoms. The Labute approximate surface area is 220 Å². The molecule has 7 nitrogen and oxygen atoms in total.